The summed E-state index contributed by atoms with van der Waals surface area (Å²) in [5, 5.41) is 0. The van der Waals surface area contributed by atoms with E-state index >= 15 is 0 Å². The van der Waals surface area contributed by atoms with Crippen LogP contribution in [0, 0.1) is 0 Å². The zero-order chi connectivity index (χ0) is 4.83. The fraction of sp³-hybridized carbons (Fsp3) is 0.500. The molecule has 0 heterocycles. The van der Waals surface area contributed by atoms with Gasteiger partial charge >= 0.3 is 0 Å². The second kappa shape index (κ2) is 4.92. The molecule has 0 N–H and O–H groups in total. The standard InChI is InChI=1S/C4H10OSi/c1-3-4-6-5-2/h3H,1,4,6H2,2H3. The Morgan fingerprint density at radius 3 is 2.83 bits per heavy atom. The largest absolute Gasteiger partial charge is 0.427 e. The topological polar surface area (TPSA) is 9.23 Å². The van der Waals surface area contributed by atoms with Crippen LogP contribution in [0.25, 0.3) is 0 Å². The molecule has 0 bridgehead atoms. The third kappa shape index (κ3) is 3.92. The number of hydrogen-bond acceptors (Lipinski definition) is 1. The Balaban J connectivity index is 2.49. The summed E-state index contributed by atoms with van der Waals surface area (Å²) in [5.41, 5.74) is 0. The second-order valence-corrected chi connectivity index (χ2v) is 2.63. The summed E-state index contributed by atoms with van der Waals surface area (Å²) in [7, 11) is 1.55. The molecule has 0 aliphatic heterocycles. The zero-order valence-corrected chi connectivity index (χ0v) is 5.52. The van der Waals surface area contributed by atoms with Gasteiger partial charge in [0.25, 0.3) is 0 Å². The van der Waals surface area contributed by atoms with E-state index in [4.69, 9.17) is 4.43 Å². The summed E-state index contributed by atoms with van der Waals surface area (Å²) >= 11 is 0. The van der Waals surface area contributed by atoms with Crippen LogP contribution in [-0.4, -0.2) is 16.9 Å². The van der Waals surface area contributed by atoms with Crippen molar-refractivity contribution in [2.75, 3.05) is 7.11 Å². The van der Waals surface area contributed by atoms with E-state index in [0.717, 1.165) is 6.04 Å². The average Bonchev–Trinajstić information content (AvgIpc) is 1.61. The highest BCUT2D eigenvalue weighted by Gasteiger charge is 1.72. The molecule has 0 aromatic carbocycles. The van der Waals surface area contributed by atoms with Gasteiger partial charge in [0.1, 0.15) is 0 Å². The lowest BCUT2D eigenvalue weighted by atomic mass is 10.8. The predicted molar refractivity (Wildman–Crippen MR) is 30.6 cm³/mol. The second-order valence-electron chi connectivity index (χ2n) is 1.07. The van der Waals surface area contributed by atoms with E-state index in [1.54, 1.807) is 7.11 Å². The number of hydrogen-bond donors (Lipinski definition) is 0. The Bertz CT molecular complexity index is 36.5. The van der Waals surface area contributed by atoms with Gasteiger partial charge in [0.15, 0.2) is 9.76 Å². The molecule has 0 amide bonds. The minimum absolute atomic E-state index is 0.196. The third-order valence-corrected chi connectivity index (χ3v) is 1.58. The van der Waals surface area contributed by atoms with Crippen molar-refractivity contribution in [2.45, 2.75) is 6.04 Å². The monoisotopic (exact) mass is 102 g/mol. The Morgan fingerprint density at radius 2 is 2.67 bits per heavy atom. The first kappa shape index (κ1) is 5.92. The van der Waals surface area contributed by atoms with Gasteiger partial charge in [-0.05, 0) is 6.04 Å². The highest BCUT2D eigenvalue weighted by molar-refractivity contribution is 6.27. The van der Waals surface area contributed by atoms with Crippen LogP contribution in [0.3, 0.4) is 0 Å². The minimum Gasteiger partial charge on any atom is -0.427 e. The molecular formula is C4H10OSi. The van der Waals surface area contributed by atoms with Crippen molar-refractivity contribution in [1.29, 1.82) is 0 Å². The van der Waals surface area contributed by atoms with Crippen molar-refractivity contribution in [3.05, 3.63) is 12.7 Å². The smallest absolute Gasteiger partial charge is 0.164 e. The molecule has 0 aromatic rings. The maximum absolute atomic E-state index is 4.85. The van der Waals surface area contributed by atoms with E-state index in [1.165, 1.54) is 0 Å². The molecule has 1 nitrogen and oxygen atoms in total. The fourth-order valence-electron chi connectivity index (χ4n) is 0.201. The molecule has 0 saturated carbocycles. The molecule has 0 fully saturated rings. The van der Waals surface area contributed by atoms with Crippen LogP contribution in [0.15, 0.2) is 12.7 Å². The number of allylic oxidation sites excluding steroid dienone is 1. The quantitative estimate of drug-likeness (QED) is 0.283. The maximum atomic E-state index is 4.85. The van der Waals surface area contributed by atoms with Crippen LogP contribution in [-0.2, 0) is 4.43 Å². The Morgan fingerprint density at radius 1 is 2.00 bits per heavy atom. The van der Waals surface area contributed by atoms with Gasteiger partial charge in [-0.25, -0.2) is 0 Å². The normalized spacial score (nSPS) is 10.2. The maximum Gasteiger partial charge on any atom is 0.164 e. The lowest BCUT2D eigenvalue weighted by molar-refractivity contribution is 0.443. The molecule has 0 atom stereocenters. The van der Waals surface area contributed by atoms with Gasteiger partial charge in [0, 0.05) is 7.11 Å². The van der Waals surface area contributed by atoms with Gasteiger partial charge in [-0.15, -0.1) is 6.58 Å². The summed E-state index contributed by atoms with van der Waals surface area (Å²) < 4.78 is 4.85. The van der Waals surface area contributed by atoms with E-state index in [9.17, 15) is 0 Å². The van der Waals surface area contributed by atoms with Gasteiger partial charge in [0.05, 0.1) is 0 Å². The highest BCUT2D eigenvalue weighted by atomic mass is 28.2. The van der Waals surface area contributed by atoms with Crippen molar-refractivity contribution in [2.24, 2.45) is 0 Å². The molecule has 36 valence electrons. The van der Waals surface area contributed by atoms with Crippen LogP contribution in [0.5, 0.6) is 0 Å². The van der Waals surface area contributed by atoms with Gasteiger partial charge in [0.2, 0.25) is 0 Å². The first-order valence-electron chi connectivity index (χ1n) is 2.01. The molecular weight excluding hydrogens is 92.1 g/mol. The Hall–Kier alpha value is -0.0831. The average molecular weight is 102 g/mol. The number of rotatable bonds is 3. The predicted octanol–water partition coefficient (Wildman–Crippen LogP) is 0.321. The van der Waals surface area contributed by atoms with Gasteiger partial charge in [-0.1, -0.05) is 6.08 Å². The van der Waals surface area contributed by atoms with Crippen LogP contribution < -0.4 is 0 Å². The highest BCUT2D eigenvalue weighted by Crippen LogP contribution is 1.74. The molecule has 0 spiro atoms. The summed E-state index contributed by atoms with van der Waals surface area (Å²) in [6.07, 6.45) is 1.90. The SMILES string of the molecule is C=CC[SiH2]OC. The molecule has 2 heteroatoms. The van der Waals surface area contributed by atoms with E-state index in [2.05, 4.69) is 6.58 Å². The minimum atomic E-state index is -0.196. The summed E-state index contributed by atoms with van der Waals surface area (Å²) in [6.45, 7) is 3.55. The molecule has 0 aromatic heterocycles. The van der Waals surface area contributed by atoms with Gasteiger partial charge in [-0.2, -0.15) is 0 Å². The fourth-order valence-corrected chi connectivity index (χ4v) is 0.604. The summed E-state index contributed by atoms with van der Waals surface area (Å²) in [5.74, 6) is 0. The zero-order valence-electron chi connectivity index (χ0n) is 4.11. The molecule has 0 radical (unpaired) electrons. The Labute approximate surface area is 41.0 Å². The molecule has 0 saturated heterocycles. The van der Waals surface area contributed by atoms with E-state index in [1.807, 2.05) is 6.08 Å². The van der Waals surface area contributed by atoms with Crippen LogP contribution in [0.1, 0.15) is 0 Å². The van der Waals surface area contributed by atoms with Gasteiger partial charge in [-0.3, -0.25) is 0 Å². The lowest BCUT2D eigenvalue weighted by Crippen LogP contribution is -1.87. The molecule has 0 aliphatic rings. The van der Waals surface area contributed by atoms with Crippen LogP contribution >= 0.6 is 0 Å². The van der Waals surface area contributed by atoms with Crippen LogP contribution in [0.4, 0.5) is 0 Å². The van der Waals surface area contributed by atoms with Crippen molar-refractivity contribution < 1.29 is 4.43 Å². The van der Waals surface area contributed by atoms with E-state index in [0.29, 0.717) is 0 Å². The first-order chi connectivity index (χ1) is 2.91. The Kier molecular flexibility index (Phi) is 4.85. The van der Waals surface area contributed by atoms with Crippen LogP contribution in [0.2, 0.25) is 6.04 Å². The third-order valence-electron chi connectivity index (χ3n) is 0.526. The van der Waals surface area contributed by atoms with E-state index in [-0.39, 0.29) is 9.76 Å². The van der Waals surface area contributed by atoms with Gasteiger partial charge < -0.3 is 4.43 Å². The van der Waals surface area contributed by atoms with Crippen molar-refractivity contribution in [3.63, 3.8) is 0 Å². The van der Waals surface area contributed by atoms with Crippen molar-refractivity contribution >= 4 is 9.76 Å². The molecule has 0 rings (SSSR count). The summed E-state index contributed by atoms with van der Waals surface area (Å²) in [6, 6.07) is 1.09. The molecule has 0 unspecified atom stereocenters. The van der Waals surface area contributed by atoms with Crippen molar-refractivity contribution in [1.82, 2.24) is 0 Å². The van der Waals surface area contributed by atoms with E-state index < -0.39 is 0 Å². The van der Waals surface area contributed by atoms with Crippen molar-refractivity contribution in [3.8, 4) is 0 Å². The molecule has 0 aliphatic carbocycles. The molecule has 6 heavy (non-hydrogen) atoms. The first-order valence-corrected chi connectivity index (χ1v) is 3.59. The summed E-state index contributed by atoms with van der Waals surface area (Å²) in [4.78, 5) is 0. The lowest BCUT2D eigenvalue weighted by Gasteiger charge is -1.84.